The van der Waals surface area contributed by atoms with Crippen molar-refractivity contribution >= 4 is 6.29 Å². The summed E-state index contributed by atoms with van der Waals surface area (Å²) in [5.74, 6) is 0.608. The first-order chi connectivity index (χ1) is 6.85. The molecule has 0 aromatic rings. The Morgan fingerprint density at radius 3 is 2.07 bits per heavy atom. The third-order valence-electron chi connectivity index (χ3n) is 1.77. The average molecular weight is 203 g/mol. The number of rotatable bonds is 2. The SMILES string of the molecule is CC.CNC.O=CCC1CCOCC1. The number of carbonyl (C=O) groups is 1. The molecule has 14 heavy (non-hydrogen) atoms. The molecule has 1 aliphatic rings. The van der Waals surface area contributed by atoms with Crippen LogP contribution in [-0.2, 0) is 9.53 Å². The molecule has 0 aromatic heterocycles. The first kappa shape index (κ1) is 16.0. The molecule has 1 saturated heterocycles. The molecule has 0 amide bonds. The van der Waals surface area contributed by atoms with E-state index in [2.05, 4.69) is 5.32 Å². The largest absolute Gasteiger partial charge is 0.381 e. The lowest BCUT2D eigenvalue weighted by molar-refractivity contribution is -0.109. The van der Waals surface area contributed by atoms with Crippen molar-refractivity contribution in [2.45, 2.75) is 33.1 Å². The van der Waals surface area contributed by atoms with Gasteiger partial charge in [-0.25, -0.2) is 0 Å². The summed E-state index contributed by atoms with van der Waals surface area (Å²) in [5.41, 5.74) is 0. The van der Waals surface area contributed by atoms with E-state index in [1.165, 1.54) is 0 Å². The van der Waals surface area contributed by atoms with E-state index >= 15 is 0 Å². The summed E-state index contributed by atoms with van der Waals surface area (Å²) in [6, 6.07) is 0. The predicted octanol–water partition coefficient (Wildman–Crippen LogP) is 1.86. The lowest BCUT2D eigenvalue weighted by Crippen LogP contribution is -2.15. The molecule has 0 unspecified atom stereocenters. The molecule has 0 spiro atoms. The first-order valence-electron chi connectivity index (χ1n) is 5.45. The van der Waals surface area contributed by atoms with Crippen molar-refractivity contribution in [3.8, 4) is 0 Å². The van der Waals surface area contributed by atoms with Crippen molar-refractivity contribution in [1.29, 1.82) is 0 Å². The fraction of sp³-hybridized carbons (Fsp3) is 0.909. The van der Waals surface area contributed by atoms with E-state index < -0.39 is 0 Å². The Kier molecular flexibility index (Phi) is 17.3. The highest BCUT2D eigenvalue weighted by Gasteiger charge is 2.11. The predicted molar refractivity (Wildman–Crippen MR) is 60.6 cm³/mol. The Labute approximate surface area is 88.2 Å². The number of ether oxygens (including phenoxy) is 1. The van der Waals surface area contributed by atoms with Crippen LogP contribution < -0.4 is 5.32 Å². The van der Waals surface area contributed by atoms with E-state index in [-0.39, 0.29) is 0 Å². The zero-order valence-electron chi connectivity index (χ0n) is 10.0. The Bertz CT molecular complexity index is 101. The molecule has 0 aliphatic carbocycles. The molecule has 3 heteroatoms. The molecule has 0 aromatic carbocycles. The molecule has 0 radical (unpaired) electrons. The molecule has 0 saturated carbocycles. The van der Waals surface area contributed by atoms with E-state index in [9.17, 15) is 4.79 Å². The summed E-state index contributed by atoms with van der Waals surface area (Å²) in [6.45, 7) is 5.69. The summed E-state index contributed by atoms with van der Waals surface area (Å²) in [6.07, 6.45) is 3.87. The molecule has 86 valence electrons. The summed E-state index contributed by atoms with van der Waals surface area (Å²) >= 11 is 0. The molecule has 1 fully saturated rings. The van der Waals surface area contributed by atoms with Gasteiger partial charge in [-0.05, 0) is 32.9 Å². The number of aldehydes is 1. The van der Waals surface area contributed by atoms with Crippen LogP contribution in [0.3, 0.4) is 0 Å². The smallest absolute Gasteiger partial charge is 0.120 e. The van der Waals surface area contributed by atoms with Crippen LogP contribution >= 0.6 is 0 Å². The zero-order valence-corrected chi connectivity index (χ0v) is 10.0. The summed E-state index contributed by atoms with van der Waals surface area (Å²) in [4.78, 5) is 10.0. The highest BCUT2D eigenvalue weighted by molar-refractivity contribution is 5.49. The molecule has 0 bridgehead atoms. The first-order valence-corrected chi connectivity index (χ1v) is 5.45. The molecular formula is C11H25NO2. The number of hydrogen-bond donors (Lipinski definition) is 1. The lowest BCUT2D eigenvalue weighted by Gasteiger charge is -2.19. The lowest BCUT2D eigenvalue weighted by atomic mass is 9.98. The van der Waals surface area contributed by atoms with Crippen molar-refractivity contribution in [1.82, 2.24) is 5.32 Å². The van der Waals surface area contributed by atoms with Gasteiger partial charge in [-0.1, -0.05) is 13.8 Å². The second kappa shape index (κ2) is 15.1. The van der Waals surface area contributed by atoms with Gasteiger partial charge in [-0.2, -0.15) is 0 Å². The van der Waals surface area contributed by atoms with E-state index in [0.29, 0.717) is 5.92 Å². The Morgan fingerprint density at radius 1 is 1.29 bits per heavy atom. The standard InChI is InChI=1S/C7H12O2.C2H7N.C2H6/c8-4-1-7-2-5-9-6-3-7;1-3-2;1-2/h4,7H,1-3,5-6H2;3H,1-2H3;1-2H3. The third-order valence-corrected chi connectivity index (χ3v) is 1.77. The van der Waals surface area contributed by atoms with Crippen LogP contribution in [0.4, 0.5) is 0 Å². The number of hydrogen-bond acceptors (Lipinski definition) is 3. The van der Waals surface area contributed by atoms with Crippen LogP contribution in [0.15, 0.2) is 0 Å². The van der Waals surface area contributed by atoms with Gasteiger partial charge in [0, 0.05) is 19.6 Å². The molecule has 1 rings (SSSR count). The van der Waals surface area contributed by atoms with Crippen LogP contribution in [0.5, 0.6) is 0 Å². The van der Waals surface area contributed by atoms with Gasteiger partial charge in [0.15, 0.2) is 0 Å². The van der Waals surface area contributed by atoms with Gasteiger partial charge in [0.05, 0.1) is 0 Å². The van der Waals surface area contributed by atoms with Crippen LogP contribution in [-0.4, -0.2) is 33.6 Å². The molecule has 1 N–H and O–H groups in total. The number of carbonyl (C=O) groups excluding carboxylic acids is 1. The summed E-state index contributed by atoms with van der Waals surface area (Å²) in [7, 11) is 3.75. The maximum absolute atomic E-state index is 10.0. The minimum Gasteiger partial charge on any atom is -0.381 e. The minimum atomic E-state index is 0.608. The van der Waals surface area contributed by atoms with E-state index in [1.807, 2.05) is 27.9 Å². The topological polar surface area (TPSA) is 38.3 Å². The van der Waals surface area contributed by atoms with Crippen molar-refractivity contribution < 1.29 is 9.53 Å². The number of nitrogens with one attached hydrogen (secondary N) is 1. The van der Waals surface area contributed by atoms with Gasteiger partial charge in [0.2, 0.25) is 0 Å². The van der Waals surface area contributed by atoms with E-state index in [1.54, 1.807) is 0 Å². The minimum absolute atomic E-state index is 0.608. The normalized spacial score (nSPS) is 15.7. The van der Waals surface area contributed by atoms with Gasteiger partial charge in [-0.3, -0.25) is 0 Å². The second-order valence-electron chi connectivity index (χ2n) is 2.96. The Hall–Kier alpha value is -0.410. The highest BCUT2D eigenvalue weighted by Crippen LogP contribution is 2.16. The second-order valence-corrected chi connectivity index (χ2v) is 2.96. The fourth-order valence-corrected chi connectivity index (χ4v) is 1.12. The van der Waals surface area contributed by atoms with Crippen molar-refractivity contribution in [2.75, 3.05) is 27.3 Å². The van der Waals surface area contributed by atoms with Crippen molar-refractivity contribution in [3.63, 3.8) is 0 Å². The summed E-state index contributed by atoms with van der Waals surface area (Å²) in [5, 5.41) is 2.75. The molecule has 1 heterocycles. The maximum Gasteiger partial charge on any atom is 0.120 e. The zero-order chi connectivity index (χ0) is 11.2. The van der Waals surface area contributed by atoms with Crippen LogP contribution in [0, 0.1) is 5.92 Å². The highest BCUT2D eigenvalue weighted by atomic mass is 16.5. The third kappa shape index (κ3) is 11.6. The molecule has 3 nitrogen and oxygen atoms in total. The van der Waals surface area contributed by atoms with Crippen LogP contribution in [0.1, 0.15) is 33.1 Å². The van der Waals surface area contributed by atoms with Crippen molar-refractivity contribution in [3.05, 3.63) is 0 Å². The Morgan fingerprint density at radius 2 is 1.71 bits per heavy atom. The summed E-state index contributed by atoms with van der Waals surface area (Å²) < 4.78 is 5.13. The van der Waals surface area contributed by atoms with Crippen LogP contribution in [0.2, 0.25) is 0 Å². The average Bonchev–Trinajstić information content (AvgIpc) is 2.24. The van der Waals surface area contributed by atoms with Crippen molar-refractivity contribution in [2.24, 2.45) is 5.92 Å². The molecule has 0 atom stereocenters. The van der Waals surface area contributed by atoms with Gasteiger partial charge in [-0.15, -0.1) is 0 Å². The van der Waals surface area contributed by atoms with E-state index in [4.69, 9.17) is 4.74 Å². The van der Waals surface area contributed by atoms with Gasteiger partial charge < -0.3 is 14.8 Å². The Balaban J connectivity index is 0. The van der Waals surface area contributed by atoms with Gasteiger partial charge in [0.1, 0.15) is 6.29 Å². The quantitative estimate of drug-likeness (QED) is 0.696. The maximum atomic E-state index is 10.0. The monoisotopic (exact) mass is 203 g/mol. The van der Waals surface area contributed by atoms with Gasteiger partial charge in [0.25, 0.3) is 0 Å². The molecule has 1 aliphatic heterocycles. The molecular weight excluding hydrogens is 178 g/mol. The fourth-order valence-electron chi connectivity index (χ4n) is 1.12. The van der Waals surface area contributed by atoms with Gasteiger partial charge >= 0.3 is 0 Å². The van der Waals surface area contributed by atoms with E-state index in [0.717, 1.165) is 38.8 Å². The van der Waals surface area contributed by atoms with Crippen LogP contribution in [0.25, 0.3) is 0 Å².